The van der Waals surface area contributed by atoms with E-state index in [-0.39, 0.29) is 0 Å². The molecule has 1 aromatic heterocycles. The first kappa shape index (κ1) is 14.5. The maximum absolute atomic E-state index is 6.16. The average molecular weight is 284 g/mol. The van der Waals surface area contributed by atoms with Crippen molar-refractivity contribution in [2.45, 2.75) is 26.6 Å². The third-order valence-corrected chi connectivity index (χ3v) is 3.44. The summed E-state index contributed by atoms with van der Waals surface area (Å²) in [6.07, 6.45) is 3.53. The van der Waals surface area contributed by atoms with Gasteiger partial charge in [-0.1, -0.05) is 18.2 Å². The molecule has 0 radical (unpaired) electrons. The Morgan fingerprint density at radius 3 is 2.55 bits per heavy atom. The zero-order chi connectivity index (χ0) is 14.6. The maximum atomic E-state index is 6.16. The second-order valence-electron chi connectivity index (χ2n) is 5.65. The number of aliphatic imine (C=N–C) groups is 1. The van der Waals surface area contributed by atoms with Crippen molar-refractivity contribution in [2.24, 2.45) is 4.99 Å². The highest BCUT2D eigenvalue weighted by molar-refractivity contribution is 6.70. The molecule has 0 bridgehead atoms. The van der Waals surface area contributed by atoms with Gasteiger partial charge in [-0.05, 0) is 50.3 Å². The molecule has 0 N–H and O–H groups in total. The van der Waals surface area contributed by atoms with Gasteiger partial charge in [-0.2, -0.15) is 0 Å². The van der Waals surface area contributed by atoms with Crippen LogP contribution in [0.3, 0.4) is 0 Å². The number of rotatable bonds is 4. The van der Waals surface area contributed by atoms with Gasteiger partial charge in [-0.3, -0.25) is 9.98 Å². The van der Waals surface area contributed by atoms with E-state index in [4.69, 9.17) is 4.43 Å². The minimum absolute atomic E-state index is 0.841. The number of aromatic nitrogens is 1. The summed E-state index contributed by atoms with van der Waals surface area (Å²) in [6.45, 7) is 8.57. The Balaban J connectivity index is 2.32. The first-order chi connectivity index (χ1) is 9.46. The lowest BCUT2D eigenvalue weighted by Gasteiger charge is -2.22. The molecule has 0 aliphatic carbocycles. The molecule has 1 heterocycles. The minimum atomic E-state index is -1.66. The SMILES string of the molecule is Cc1cccc(/N=C/c2ccccn2)c1O[Si](C)(C)C. The van der Waals surface area contributed by atoms with Crippen molar-refractivity contribution in [3.05, 3.63) is 53.9 Å². The van der Waals surface area contributed by atoms with Gasteiger partial charge in [0.1, 0.15) is 11.4 Å². The van der Waals surface area contributed by atoms with Gasteiger partial charge in [0.25, 0.3) is 0 Å². The lowest BCUT2D eigenvalue weighted by atomic mass is 10.2. The number of aryl methyl sites for hydroxylation is 1. The third-order valence-electron chi connectivity index (χ3n) is 2.62. The molecule has 0 amide bonds. The van der Waals surface area contributed by atoms with Crippen molar-refractivity contribution < 1.29 is 4.43 Å². The molecule has 0 saturated carbocycles. The summed E-state index contributed by atoms with van der Waals surface area (Å²) in [5.41, 5.74) is 2.81. The van der Waals surface area contributed by atoms with Crippen LogP contribution in [0.25, 0.3) is 0 Å². The summed E-state index contributed by atoms with van der Waals surface area (Å²) >= 11 is 0. The van der Waals surface area contributed by atoms with E-state index >= 15 is 0 Å². The Morgan fingerprint density at radius 1 is 1.10 bits per heavy atom. The van der Waals surface area contributed by atoms with Crippen LogP contribution in [0, 0.1) is 6.92 Å². The number of pyridine rings is 1. The Labute approximate surface area is 121 Å². The van der Waals surface area contributed by atoms with E-state index in [1.54, 1.807) is 12.4 Å². The predicted molar refractivity (Wildman–Crippen MR) is 86.6 cm³/mol. The van der Waals surface area contributed by atoms with Crippen LogP contribution in [0.2, 0.25) is 19.6 Å². The van der Waals surface area contributed by atoms with Crippen molar-refractivity contribution in [1.29, 1.82) is 0 Å². The maximum Gasteiger partial charge on any atom is 0.242 e. The molecule has 104 valence electrons. The minimum Gasteiger partial charge on any atom is -0.543 e. The van der Waals surface area contributed by atoms with Gasteiger partial charge in [0.05, 0.1) is 11.9 Å². The van der Waals surface area contributed by atoms with Crippen molar-refractivity contribution in [1.82, 2.24) is 4.98 Å². The highest BCUT2D eigenvalue weighted by Gasteiger charge is 2.19. The number of nitrogens with zero attached hydrogens (tertiary/aromatic N) is 2. The lowest BCUT2D eigenvalue weighted by molar-refractivity contribution is 0.554. The van der Waals surface area contributed by atoms with Crippen LogP contribution in [-0.4, -0.2) is 19.5 Å². The number of hydrogen-bond donors (Lipinski definition) is 0. The molecule has 0 aliphatic heterocycles. The molecule has 4 heteroatoms. The summed E-state index contributed by atoms with van der Waals surface area (Å²) in [4.78, 5) is 8.77. The number of para-hydroxylation sites is 1. The molecular weight excluding hydrogens is 264 g/mol. The van der Waals surface area contributed by atoms with Gasteiger partial charge in [-0.15, -0.1) is 0 Å². The molecule has 2 aromatic rings. The first-order valence-corrected chi connectivity index (χ1v) is 10.1. The van der Waals surface area contributed by atoms with E-state index in [1.165, 1.54) is 0 Å². The van der Waals surface area contributed by atoms with Crippen LogP contribution in [-0.2, 0) is 0 Å². The fraction of sp³-hybridized carbons (Fsp3) is 0.250. The van der Waals surface area contributed by atoms with Crippen molar-refractivity contribution in [2.75, 3.05) is 0 Å². The van der Waals surface area contributed by atoms with Gasteiger partial charge >= 0.3 is 0 Å². The van der Waals surface area contributed by atoms with Gasteiger partial charge in [-0.25, -0.2) is 0 Å². The van der Waals surface area contributed by atoms with E-state index in [0.717, 1.165) is 22.7 Å². The largest absolute Gasteiger partial charge is 0.543 e. The normalized spacial score (nSPS) is 11.8. The van der Waals surface area contributed by atoms with Crippen LogP contribution in [0.1, 0.15) is 11.3 Å². The molecule has 0 spiro atoms. The van der Waals surface area contributed by atoms with Crippen LogP contribution >= 0.6 is 0 Å². The Kier molecular flexibility index (Phi) is 4.34. The Morgan fingerprint density at radius 2 is 1.90 bits per heavy atom. The van der Waals surface area contributed by atoms with E-state index in [2.05, 4.69) is 42.6 Å². The summed E-state index contributed by atoms with van der Waals surface area (Å²) in [7, 11) is -1.66. The summed E-state index contributed by atoms with van der Waals surface area (Å²) in [5, 5.41) is 0. The Bertz CT molecular complexity index is 604. The molecule has 0 fully saturated rings. The van der Waals surface area contributed by atoms with E-state index in [0.29, 0.717) is 0 Å². The molecule has 0 saturated heterocycles. The first-order valence-electron chi connectivity index (χ1n) is 6.69. The summed E-state index contributed by atoms with van der Waals surface area (Å²) in [5.74, 6) is 0.888. The molecule has 20 heavy (non-hydrogen) atoms. The van der Waals surface area contributed by atoms with Crippen molar-refractivity contribution in [3.8, 4) is 5.75 Å². The van der Waals surface area contributed by atoms with Gasteiger partial charge in [0.15, 0.2) is 0 Å². The second-order valence-corrected chi connectivity index (χ2v) is 10.1. The van der Waals surface area contributed by atoms with Crippen molar-refractivity contribution in [3.63, 3.8) is 0 Å². The highest BCUT2D eigenvalue weighted by atomic mass is 28.4. The molecule has 0 aliphatic rings. The summed E-state index contributed by atoms with van der Waals surface area (Å²) in [6, 6.07) is 11.8. The molecule has 3 nitrogen and oxygen atoms in total. The van der Waals surface area contributed by atoms with Crippen LogP contribution < -0.4 is 4.43 Å². The smallest absolute Gasteiger partial charge is 0.242 e. The van der Waals surface area contributed by atoms with E-state index in [9.17, 15) is 0 Å². The monoisotopic (exact) mass is 284 g/mol. The van der Waals surface area contributed by atoms with Gasteiger partial charge in [0, 0.05) is 6.20 Å². The molecule has 1 aromatic carbocycles. The van der Waals surface area contributed by atoms with Gasteiger partial charge < -0.3 is 4.43 Å². The van der Waals surface area contributed by atoms with Crippen LogP contribution in [0.5, 0.6) is 5.75 Å². The van der Waals surface area contributed by atoms with Crippen LogP contribution in [0.15, 0.2) is 47.6 Å². The molecule has 0 unspecified atom stereocenters. The van der Waals surface area contributed by atoms with Gasteiger partial charge in [0.2, 0.25) is 8.32 Å². The number of hydrogen-bond acceptors (Lipinski definition) is 3. The average Bonchev–Trinajstić information content (AvgIpc) is 2.39. The third kappa shape index (κ3) is 4.03. The second kappa shape index (κ2) is 6.01. The fourth-order valence-corrected chi connectivity index (χ4v) is 2.64. The topological polar surface area (TPSA) is 34.5 Å². The molecule has 0 atom stereocenters. The Hall–Kier alpha value is -1.94. The highest BCUT2D eigenvalue weighted by Crippen LogP contribution is 2.32. The van der Waals surface area contributed by atoms with Crippen molar-refractivity contribution >= 4 is 20.2 Å². The number of benzene rings is 1. The molecular formula is C16H20N2OSi. The molecule has 2 rings (SSSR count). The summed E-state index contributed by atoms with van der Waals surface area (Å²) < 4.78 is 6.16. The van der Waals surface area contributed by atoms with E-state index in [1.807, 2.05) is 30.3 Å². The van der Waals surface area contributed by atoms with E-state index < -0.39 is 8.32 Å². The standard InChI is InChI=1S/C16H20N2OSi/c1-13-8-7-10-15(16(13)19-20(2,3)4)18-12-14-9-5-6-11-17-14/h5-12H,1-4H3/b18-12+. The zero-order valence-corrected chi connectivity index (χ0v) is 13.4. The predicted octanol–water partition coefficient (Wildman–Crippen LogP) is 4.35. The quantitative estimate of drug-likeness (QED) is 0.618. The zero-order valence-electron chi connectivity index (χ0n) is 12.4. The lowest BCUT2D eigenvalue weighted by Crippen LogP contribution is -2.29. The van der Waals surface area contributed by atoms with Crippen LogP contribution in [0.4, 0.5) is 5.69 Å². The fourth-order valence-electron chi connectivity index (χ4n) is 1.77.